The van der Waals surface area contributed by atoms with Crippen LogP contribution in [0.4, 0.5) is 0 Å². The van der Waals surface area contributed by atoms with Gasteiger partial charge in [-0.05, 0) is 75.2 Å². The highest BCUT2D eigenvalue weighted by Crippen LogP contribution is 2.24. The topological polar surface area (TPSA) is 67.9 Å². The molecule has 0 atom stereocenters. The van der Waals surface area contributed by atoms with Gasteiger partial charge in [-0.3, -0.25) is 9.59 Å². The molecule has 0 spiro atoms. The summed E-state index contributed by atoms with van der Waals surface area (Å²) in [5.41, 5.74) is 3.01. The van der Waals surface area contributed by atoms with Crippen LogP contribution in [-0.4, -0.2) is 42.5 Å². The van der Waals surface area contributed by atoms with E-state index in [0.29, 0.717) is 30.2 Å². The first-order valence-electron chi connectivity index (χ1n) is 11.6. The molecule has 1 N–H and O–H groups in total. The summed E-state index contributed by atoms with van der Waals surface area (Å²) in [4.78, 5) is 26.8. The smallest absolute Gasteiger partial charge is 0.258 e. The fraction of sp³-hybridized carbons (Fsp3) is 0.286. The zero-order valence-corrected chi connectivity index (χ0v) is 19.6. The largest absolute Gasteiger partial charge is 0.484 e. The van der Waals surface area contributed by atoms with Gasteiger partial charge in [0, 0.05) is 24.7 Å². The second-order valence-corrected chi connectivity index (χ2v) is 8.68. The van der Waals surface area contributed by atoms with Crippen molar-refractivity contribution in [2.45, 2.75) is 32.7 Å². The van der Waals surface area contributed by atoms with Crippen LogP contribution in [0.1, 0.15) is 34.3 Å². The number of carbonyl (C=O) groups is 2. The predicted octanol–water partition coefficient (Wildman–Crippen LogP) is 4.90. The monoisotopic (exact) mass is 458 g/mol. The van der Waals surface area contributed by atoms with Crippen molar-refractivity contribution in [3.63, 3.8) is 0 Å². The SMILES string of the molecule is Cc1ccc(Oc2ccc(OCC(=O)NC3CCN(C(=O)c4ccc(C)cc4)CC3)cc2)cc1. The van der Waals surface area contributed by atoms with Crippen LogP contribution in [0.5, 0.6) is 17.2 Å². The number of carbonyl (C=O) groups excluding carboxylic acids is 2. The summed E-state index contributed by atoms with van der Waals surface area (Å²) >= 11 is 0. The molecule has 0 unspecified atom stereocenters. The molecule has 6 heteroatoms. The van der Waals surface area contributed by atoms with Gasteiger partial charge in [-0.1, -0.05) is 35.4 Å². The van der Waals surface area contributed by atoms with Gasteiger partial charge in [0.05, 0.1) is 0 Å². The van der Waals surface area contributed by atoms with Gasteiger partial charge in [-0.25, -0.2) is 0 Å². The Kier molecular flexibility index (Phi) is 7.48. The number of aryl methyl sites for hydroxylation is 2. The van der Waals surface area contributed by atoms with E-state index in [1.54, 1.807) is 12.1 Å². The third-order valence-corrected chi connectivity index (χ3v) is 5.90. The van der Waals surface area contributed by atoms with E-state index in [1.807, 2.05) is 79.4 Å². The Morgan fingerprint density at radius 3 is 1.88 bits per heavy atom. The van der Waals surface area contributed by atoms with Gasteiger partial charge < -0.3 is 19.7 Å². The number of hydrogen-bond acceptors (Lipinski definition) is 4. The van der Waals surface area contributed by atoms with E-state index in [2.05, 4.69) is 5.32 Å². The first-order valence-corrected chi connectivity index (χ1v) is 11.6. The minimum absolute atomic E-state index is 0.0444. The van der Waals surface area contributed by atoms with Crippen molar-refractivity contribution >= 4 is 11.8 Å². The molecule has 1 aliphatic rings. The molecule has 3 aromatic rings. The van der Waals surface area contributed by atoms with E-state index in [4.69, 9.17) is 9.47 Å². The minimum Gasteiger partial charge on any atom is -0.484 e. The second kappa shape index (κ2) is 10.9. The number of rotatable bonds is 7. The van der Waals surface area contributed by atoms with Crippen LogP contribution in [0, 0.1) is 13.8 Å². The zero-order valence-electron chi connectivity index (χ0n) is 19.6. The maximum absolute atomic E-state index is 12.6. The molecule has 1 fully saturated rings. The number of nitrogens with one attached hydrogen (secondary N) is 1. The number of benzene rings is 3. The van der Waals surface area contributed by atoms with E-state index in [1.165, 1.54) is 5.56 Å². The van der Waals surface area contributed by atoms with E-state index < -0.39 is 0 Å². The van der Waals surface area contributed by atoms with Gasteiger partial charge in [-0.15, -0.1) is 0 Å². The number of ether oxygens (including phenoxy) is 2. The lowest BCUT2D eigenvalue weighted by atomic mass is 10.0. The van der Waals surface area contributed by atoms with Crippen LogP contribution in [-0.2, 0) is 4.79 Å². The highest BCUT2D eigenvalue weighted by Gasteiger charge is 2.24. The average Bonchev–Trinajstić information content (AvgIpc) is 2.85. The Bertz CT molecular complexity index is 1100. The van der Waals surface area contributed by atoms with Crippen molar-refractivity contribution in [2.24, 2.45) is 0 Å². The Morgan fingerprint density at radius 1 is 0.794 bits per heavy atom. The number of hydrogen-bond donors (Lipinski definition) is 1. The van der Waals surface area contributed by atoms with Gasteiger partial charge >= 0.3 is 0 Å². The lowest BCUT2D eigenvalue weighted by Crippen LogP contribution is -2.47. The molecule has 0 radical (unpaired) electrons. The molecule has 0 aliphatic carbocycles. The molecule has 34 heavy (non-hydrogen) atoms. The fourth-order valence-electron chi connectivity index (χ4n) is 3.87. The molecule has 0 saturated carbocycles. The van der Waals surface area contributed by atoms with Gasteiger partial charge in [0.25, 0.3) is 11.8 Å². The van der Waals surface area contributed by atoms with Gasteiger partial charge in [0.2, 0.25) is 0 Å². The van der Waals surface area contributed by atoms with Crippen molar-refractivity contribution in [3.05, 3.63) is 89.5 Å². The number of amides is 2. The van der Waals surface area contributed by atoms with E-state index in [0.717, 1.165) is 24.2 Å². The summed E-state index contributed by atoms with van der Waals surface area (Å²) in [7, 11) is 0. The average molecular weight is 459 g/mol. The lowest BCUT2D eigenvalue weighted by molar-refractivity contribution is -0.124. The van der Waals surface area contributed by atoms with Crippen molar-refractivity contribution in [1.82, 2.24) is 10.2 Å². The second-order valence-electron chi connectivity index (χ2n) is 8.68. The molecule has 1 saturated heterocycles. The van der Waals surface area contributed by atoms with Crippen LogP contribution in [0.3, 0.4) is 0 Å². The summed E-state index contributed by atoms with van der Waals surface area (Å²) in [6.45, 7) is 5.23. The maximum Gasteiger partial charge on any atom is 0.258 e. The van der Waals surface area contributed by atoms with Crippen LogP contribution in [0.25, 0.3) is 0 Å². The number of piperidine rings is 1. The fourth-order valence-corrected chi connectivity index (χ4v) is 3.87. The van der Waals surface area contributed by atoms with Gasteiger partial charge in [0.15, 0.2) is 6.61 Å². The molecule has 0 aromatic heterocycles. The van der Waals surface area contributed by atoms with Crippen LogP contribution in [0.15, 0.2) is 72.8 Å². The number of nitrogens with zero attached hydrogens (tertiary/aromatic N) is 1. The first kappa shape index (κ1) is 23.4. The predicted molar refractivity (Wildman–Crippen MR) is 131 cm³/mol. The first-order chi connectivity index (χ1) is 16.5. The molecule has 176 valence electrons. The van der Waals surface area contributed by atoms with Crippen LogP contribution < -0.4 is 14.8 Å². The van der Waals surface area contributed by atoms with Crippen molar-refractivity contribution in [3.8, 4) is 17.2 Å². The quantitative estimate of drug-likeness (QED) is 0.547. The summed E-state index contributed by atoms with van der Waals surface area (Å²) in [6, 6.07) is 22.7. The van der Waals surface area contributed by atoms with E-state index in [-0.39, 0.29) is 24.5 Å². The number of likely N-dealkylation sites (tertiary alicyclic amines) is 1. The van der Waals surface area contributed by atoms with Crippen molar-refractivity contribution in [2.75, 3.05) is 19.7 Å². The Balaban J connectivity index is 1.18. The van der Waals surface area contributed by atoms with Gasteiger partial charge in [-0.2, -0.15) is 0 Å². The third kappa shape index (κ3) is 6.38. The highest BCUT2D eigenvalue weighted by atomic mass is 16.5. The van der Waals surface area contributed by atoms with E-state index >= 15 is 0 Å². The van der Waals surface area contributed by atoms with Crippen molar-refractivity contribution < 1.29 is 19.1 Å². The normalized spacial score (nSPS) is 13.9. The van der Waals surface area contributed by atoms with Crippen LogP contribution in [0.2, 0.25) is 0 Å². The summed E-state index contributed by atoms with van der Waals surface area (Å²) in [5.74, 6) is 1.95. The molecule has 2 amide bonds. The summed E-state index contributed by atoms with van der Waals surface area (Å²) < 4.78 is 11.4. The Labute approximate surface area is 200 Å². The molecular formula is C28H30N2O4. The lowest BCUT2D eigenvalue weighted by Gasteiger charge is -2.32. The standard InChI is InChI=1S/C28H30N2O4/c1-20-3-7-22(8-4-20)28(32)30-17-15-23(16-18-30)29-27(31)19-33-24-11-13-26(14-12-24)34-25-9-5-21(2)6-10-25/h3-14,23H,15-19H2,1-2H3,(H,29,31). The van der Waals surface area contributed by atoms with Gasteiger partial charge in [0.1, 0.15) is 17.2 Å². The molecule has 4 rings (SSSR count). The molecular weight excluding hydrogens is 428 g/mol. The maximum atomic E-state index is 12.6. The Hall–Kier alpha value is -3.80. The third-order valence-electron chi connectivity index (χ3n) is 5.90. The molecule has 6 nitrogen and oxygen atoms in total. The summed E-state index contributed by atoms with van der Waals surface area (Å²) in [5, 5.41) is 3.02. The minimum atomic E-state index is -0.164. The Morgan fingerprint density at radius 2 is 1.29 bits per heavy atom. The summed E-state index contributed by atoms with van der Waals surface area (Å²) in [6.07, 6.45) is 1.46. The van der Waals surface area contributed by atoms with E-state index in [9.17, 15) is 9.59 Å². The van der Waals surface area contributed by atoms with Crippen molar-refractivity contribution in [1.29, 1.82) is 0 Å². The van der Waals surface area contributed by atoms with Crippen LogP contribution >= 0.6 is 0 Å². The molecule has 0 bridgehead atoms. The highest BCUT2D eigenvalue weighted by molar-refractivity contribution is 5.94. The molecule has 1 aliphatic heterocycles. The molecule has 3 aromatic carbocycles. The zero-order chi connectivity index (χ0) is 23.9. The molecule has 1 heterocycles.